The van der Waals surface area contributed by atoms with Crippen molar-refractivity contribution in [2.75, 3.05) is 18.4 Å². The Kier molecular flexibility index (Phi) is 3.44. The third kappa shape index (κ3) is 2.59. The maximum atomic E-state index is 12.8. The summed E-state index contributed by atoms with van der Waals surface area (Å²) in [6, 6.07) is 2.60. The molecule has 1 aliphatic heterocycles. The molecule has 6 nitrogen and oxygen atoms in total. The summed E-state index contributed by atoms with van der Waals surface area (Å²) >= 11 is 0. The Morgan fingerprint density at radius 2 is 2.14 bits per heavy atom. The van der Waals surface area contributed by atoms with Crippen molar-refractivity contribution in [3.05, 3.63) is 23.8 Å². The van der Waals surface area contributed by atoms with Crippen LogP contribution in [0.1, 0.15) is 5.56 Å². The van der Waals surface area contributed by atoms with E-state index in [1.807, 2.05) is 0 Å². The van der Waals surface area contributed by atoms with Crippen LogP contribution in [0.25, 0.3) is 10.9 Å². The molecule has 9 heteroatoms. The molecule has 2 heterocycles. The Morgan fingerprint density at radius 3 is 2.68 bits per heavy atom. The molecule has 1 unspecified atom stereocenters. The molecular formula is C13H14F3N5O. The summed E-state index contributed by atoms with van der Waals surface area (Å²) in [5.41, 5.74) is 5.04. The number of nitrogens with zero attached hydrogens (tertiary/aromatic N) is 1. The summed E-state index contributed by atoms with van der Waals surface area (Å²) in [5.74, 6) is -0.374. The minimum absolute atomic E-state index is 0.00458. The second kappa shape index (κ2) is 5.16. The summed E-state index contributed by atoms with van der Waals surface area (Å²) in [6.07, 6.45) is -4.44. The average molecular weight is 313 g/mol. The number of benzene rings is 1. The van der Waals surface area contributed by atoms with Gasteiger partial charge in [-0.25, -0.2) is 0 Å². The molecule has 1 aromatic carbocycles. The second-order valence-corrected chi connectivity index (χ2v) is 5.27. The lowest BCUT2D eigenvalue weighted by molar-refractivity contribution is -0.137. The number of carbonyl (C=O) groups excluding carboxylic acids is 1. The minimum Gasteiger partial charge on any atom is -0.368 e. The Morgan fingerprint density at radius 1 is 1.41 bits per heavy atom. The molecule has 1 saturated heterocycles. The Hall–Kier alpha value is -2.29. The highest BCUT2D eigenvalue weighted by molar-refractivity contribution is 5.93. The quantitative estimate of drug-likeness (QED) is 0.679. The lowest BCUT2D eigenvalue weighted by Gasteiger charge is -2.33. The van der Waals surface area contributed by atoms with Gasteiger partial charge in [-0.3, -0.25) is 9.89 Å². The third-order valence-corrected chi connectivity index (χ3v) is 3.77. The molecule has 0 spiro atoms. The zero-order valence-corrected chi connectivity index (χ0v) is 11.4. The van der Waals surface area contributed by atoms with E-state index in [4.69, 9.17) is 5.73 Å². The van der Waals surface area contributed by atoms with E-state index in [2.05, 4.69) is 20.8 Å². The van der Waals surface area contributed by atoms with Gasteiger partial charge in [0.05, 0.1) is 11.1 Å². The van der Waals surface area contributed by atoms with Crippen LogP contribution in [0.5, 0.6) is 0 Å². The third-order valence-electron chi connectivity index (χ3n) is 3.77. The van der Waals surface area contributed by atoms with E-state index in [0.717, 1.165) is 12.1 Å². The average Bonchev–Trinajstić information content (AvgIpc) is 2.77. The molecule has 22 heavy (non-hydrogen) atoms. The predicted octanol–water partition coefficient (Wildman–Crippen LogP) is 1.07. The molecule has 1 atom stereocenters. The smallest absolute Gasteiger partial charge is 0.368 e. The first kappa shape index (κ1) is 14.6. The van der Waals surface area contributed by atoms with E-state index in [1.165, 1.54) is 6.07 Å². The van der Waals surface area contributed by atoms with Crippen molar-refractivity contribution in [3.8, 4) is 0 Å². The van der Waals surface area contributed by atoms with Crippen LogP contribution >= 0.6 is 0 Å². The molecule has 0 radical (unpaired) electrons. The first-order valence-corrected chi connectivity index (χ1v) is 6.68. The number of hydrogen-bond acceptors (Lipinski definition) is 4. The Bertz CT molecular complexity index is 707. The molecule has 0 bridgehead atoms. The van der Waals surface area contributed by atoms with Gasteiger partial charge in [0.15, 0.2) is 5.82 Å². The molecule has 0 aliphatic carbocycles. The largest absolute Gasteiger partial charge is 0.416 e. The fourth-order valence-electron chi connectivity index (χ4n) is 2.42. The fraction of sp³-hybridized carbons (Fsp3) is 0.385. The summed E-state index contributed by atoms with van der Waals surface area (Å²) in [5, 5.41) is 12.7. The van der Waals surface area contributed by atoms with Gasteiger partial charge in [-0.15, -0.1) is 0 Å². The Labute approximate surface area is 123 Å². The number of primary amides is 1. The van der Waals surface area contributed by atoms with Gasteiger partial charge in [-0.05, 0) is 18.2 Å². The zero-order chi connectivity index (χ0) is 15.9. The number of alkyl halides is 3. The number of aromatic nitrogens is 2. The van der Waals surface area contributed by atoms with Crippen LogP contribution in [0, 0.1) is 5.92 Å². The van der Waals surface area contributed by atoms with Crippen molar-refractivity contribution in [1.82, 2.24) is 15.5 Å². The molecule has 2 aromatic rings. The lowest BCUT2D eigenvalue weighted by Crippen LogP contribution is -2.55. The van der Waals surface area contributed by atoms with E-state index in [0.29, 0.717) is 18.6 Å². The van der Waals surface area contributed by atoms with Crippen LogP contribution in [-0.2, 0) is 11.0 Å². The summed E-state index contributed by atoms with van der Waals surface area (Å²) in [7, 11) is 0. The number of hydrogen-bond donors (Lipinski definition) is 4. The van der Waals surface area contributed by atoms with Crippen LogP contribution in [0.15, 0.2) is 18.2 Å². The molecular weight excluding hydrogens is 299 g/mol. The number of carbonyl (C=O) groups is 1. The van der Waals surface area contributed by atoms with Crippen LogP contribution in [0.2, 0.25) is 0 Å². The number of aromatic amines is 1. The number of rotatable bonds is 4. The number of amides is 1. The number of nitrogens with one attached hydrogen (secondary N) is 3. The van der Waals surface area contributed by atoms with E-state index >= 15 is 0 Å². The van der Waals surface area contributed by atoms with Crippen LogP contribution < -0.4 is 16.4 Å². The van der Waals surface area contributed by atoms with Crippen LogP contribution in [0.4, 0.5) is 19.0 Å². The Balaban J connectivity index is 1.94. The van der Waals surface area contributed by atoms with Crippen molar-refractivity contribution in [2.45, 2.75) is 12.2 Å². The standard InChI is InChI=1S/C13H14F3N5O/c14-13(15,16)7-1-2-9-8(3-7)12(21-20-9)19-10(11(17)22)6-4-18-5-6/h1-3,6,10,18H,4-5H2,(H2,17,22)(H2,19,20,21). The number of halogens is 3. The highest BCUT2D eigenvalue weighted by atomic mass is 19.4. The molecule has 1 fully saturated rings. The van der Waals surface area contributed by atoms with E-state index < -0.39 is 23.7 Å². The van der Waals surface area contributed by atoms with Gasteiger partial charge in [-0.1, -0.05) is 0 Å². The first-order chi connectivity index (χ1) is 10.4. The maximum absolute atomic E-state index is 12.8. The number of nitrogens with two attached hydrogens (primary N) is 1. The molecule has 1 amide bonds. The summed E-state index contributed by atoms with van der Waals surface area (Å²) in [4.78, 5) is 11.5. The molecule has 5 N–H and O–H groups in total. The van der Waals surface area contributed by atoms with Gasteiger partial charge >= 0.3 is 6.18 Å². The normalized spacial score (nSPS) is 17.2. The molecule has 1 aliphatic rings. The van der Waals surface area contributed by atoms with Crippen molar-refractivity contribution in [1.29, 1.82) is 0 Å². The highest BCUT2D eigenvalue weighted by Crippen LogP contribution is 2.33. The number of H-pyrrole nitrogens is 1. The lowest BCUT2D eigenvalue weighted by atomic mass is 9.93. The van der Waals surface area contributed by atoms with Crippen molar-refractivity contribution in [2.24, 2.45) is 11.7 Å². The molecule has 3 rings (SSSR count). The van der Waals surface area contributed by atoms with Crippen molar-refractivity contribution >= 4 is 22.6 Å². The van der Waals surface area contributed by atoms with Gasteiger partial charge in [0.2, 0.25) is 5.91 Å². The first-order valence-electron chi connectivity index (χ1n) is 6.68. The topological polar surface area (TPSA) is 95.8 Å². The van der Waals surface area contributed by atoms with Gasteiger partial charge in [0, 0.05) is 24.4 Å². The maximum Gasteiger partial charge on any atom is 0.416 e. The minimum atomic E-state index is -4.44. The molecule has 118 valence electrons. The van der Waals surface area contributed by atoms with Gasteiger partial charge in [0.1, 0.15) is 6.04 Å². The van der Waals surface area contributed by atoms with Crippen LogP contribution in [0.3, 0.4) is 0 Å². The van der Waals surface area contributed by atoms with Crippen molar-refractivity contribution < 1.29 is 18.0 Å². The number of fused-ring (bicyclic) bond motifs is 1. The second-order valence-electron chi connectivity index (χ2n) is 5.27. The van der Waals surface area contributed by atoms with Gasteiger partial charge < -0.3 is 16.4 Å². The van der Waals surface area contributed by atoms with Gasteiger partial charge in [-0.2, -0.15) is 18.3 Å². The van der Waals surface area contributed by atoms with Gasteiger partial charge in [0.25, 0.3) is 0 Å². The van der Waals surface area contributed by atoms with Crippen LogP contribution in [-0.4, -0.2) is 35.2 Å². The van der Waals surface area contributed by atoms with E-state index in [1.54, 1.807) is 0 Å². The SMILES string of the molecule is NC(=O)C(Nc1n[nH]c2ccc(C(F)(F)F)cc12)C1CNC1. The summed E-state index contributed by atoms with van der Waals surface area (Å²) < 4.78 is 38.4. The fourth-order valence-corrected chi connectivity index (χ4v) is 2.42. The van der Waals surface area contributed by atoms with E-state index in [-0.39, 0.29) is 17.1 Å². The number of anilines is 1. The van der Waals surface area contributed by atoms with Crippen molar-refractivity contribution in [3.63, 3.8) is 0 Å². The molecule has 1 aromatic heterocycles. The monoisotopic (exact) mass is 313 g/mol. The van der Waals surface area contributed by atoms with E-state index in [9.17, 15) is 18.0 Å². The highest BCUT2D eigenvalue weighted by Gasteiger charge is 2.33. The predicted molar refractivity (Wildman–Crippen MR) is 74.1 cm³/mol. The summed E-state index contributed by atoms with van der Waals surface area (Å²) in [6.45, 7) is 1.24. The molecule has 0 saturated carbocycles. The zero-order valence-electron chi connectivity index (χ0n) is 11.4.